The molecule has 0 fully saturated rings. The highest BCUT2D eigenvalue weighted by atomic mass is 16.5. The Labute approximate surface area is 89.4 Å². The fraction of sp³-hybridized carbons (Fsp3) is 0.364. The van der Waals surface area contributed by atoms with Crippen molar-refractivity contribution in [1.82, 2.24) is 9.72 Å². The van der Waals surface area contributed by atoms with E-state index in [1.54, 1.807) is 4.74 Å². The number of nitrogens with zero attached hydrogens (tertiary/aromatic N) is 2. The van der Waals surface area contributed by atoms with Crippen molar-refractivity contribution < 1.29 is 5.95 Å². The molecule has 0 saturated heterocycles. The lowest BCUT2D eigenvalue weighted by molar-refractivity contribution is 0.257. The highest BCUT2D eigenvalue weighted by Gasteiger charge is 2.13. The van der Waals surface area contributed by atoms with Crippen molar-refractivity contribution in [1.29, 1.82) is 0 Å². The maximum Gasteiger partial charge on any atom is 0.200 e. The number of hydrogen-bond donors (Lipinski definition) is 1. The predicted octanol–water partition coefficient (Wildman–Crippen LogP) is 2.28. The molecule has 4 heteroatoms. The van der Waals surface area contributed by atoms with Crippen LogP contribution in [0.4, 0.5) is 5.69 Å². The highest BCUT2D eigenvalue weighted by Crippen LogP contribution is 2.25. The van der Waals surface area contributed by atoms with Crippen LogP contribution in [0, 0.1) is 0 Å². The third-order valence-electron chi connectivity index (χ3n) is 2.67. The van der Waals surface area contributed by atoms with E-state index in [4.69, 9.17) is 4.52 Å². The van der Waals surface area contributed by atoms with E-state index in [0.29, 0.717) is 0 Å². The van der Waals surface area contributed by atoms with Gasteiger partial charge in [-0.3, -0.25) is 0 Å². The molecular formula is C11H15N3O. The van der Waals surface area contributed by atoms with Crippen LogP contribution >= 0.6 is 0 Å². The monoisotopic (exact) mass is 205 g/mol. The second-order valence-corrected chi connectivity index (χ2v) is 3.85. The van der Waals surface area contributed by atoms with E-state index >= 15 is 0 Å². The van der Waals surface area contributed by atoms with Gasteiger partial charge in [-0.1, -0.05) is 0 Å². The molecule has 0 saturated carbocycles. The van der Waals surface area contributed by atoms with Crippen molar-refractivity contribution in [3.63, 3.8) is 0 Å². The molecule has 0 radical (unpaired) electrons. The molecule has 2 aromatic rings. The summed E-state index contributed by atoms with van der Waals surface area (Å²) in [5.74, 6) is 0.853. The van der Waals surface area contributed by atoms with E-state index in [0.717, 1.165) is 36.5 Å². The Hall–Kier alpha value is -1.71. The Morgan fingerprint density at radius 2 is 2.40 bits per heavy atom. The molecule has 0 bridgehead atoms. The summed E-state index contributed by atoms with van der Waals surface area (Å²) >= 11 is 0. The summed E-state index contributed by atoms with van der Waals surface area (Å²) in [7, 11) is 1.86. The summed E-state index contributed by atoms with van der Waals surface area (Å²) in [6.45, 7) is 1.05. The van der Waals surface area contributed by atoms with Gasteiger partial charge in [0.2, 0.25) is 0 Å². The van der Waals surface area contributed by atoms with Crippen LogP contribution in [-0.2, 0) is 13.5 Å². The van der Waals surface area contributed by atoms with Gasteiger partial charge in [-0.15, -0.1) is 0 Å². The average Bonchev–Trinajstić information content (AvgIpc) is 2.24. The van der Waals surface area contributed by atoms with Crippen LogP contribution in [0.5, 0.6) is 0 Å². The van der Waals surface area contributed by atoms with Gasteiger partial charge in [0.25, 0.3) is 0 Å². The first-order chi connectivity index (χ1) is 7.33. The number of aromatic nitrogens is 2. The smallest absolute Gasteiger partial charge is 0.200 e. The van der Waals surface area contributed by atoms with Crippen molar-refractivity contribution in [2.75, 3.05) is 11.9 Å². The molecule has 0 spiro atoms. The minimum atomic E-state index is 0. The topological polar surface area (TPSA) is 43.0 Å². The Balaban J connectivity index is 0.000000963. The molecule has 0 unspecified atom stereocenters. The third-order valence-corrected chi connectivity index (χ3v) is 2.67. The molecule has 2 aromatic heterocycles. The van der Waals surface area contributed by atoms with Gasteiger partial charge < -0.3 is 9.84 Å². The van der Waals surface area contributed by atoms with Gasteiger partial charge in [-0.25, -0.2) is 9.72 Å². The molecule has 0 atom stereocenters. The van der Waals surface area contributed by atoms with Crippen molar-refractivity contribution in [2.24, 2.45) is 7.05 Å². The van der Waals surface area contributed by atoms with Crippen LogP contribution in [0.25, 0.3) is 11.5 Å². The molecule has 15 heavy (non-hydrogen) atoms. The van der Waals surface area contributed by atoms with E-state index < -0.39 is 0 Å². The predicted molar refractivity (Wildman–Crippen MR) is 59.8 cm³/mol. The molecule has 3 heterocycles. The number of fused-ring (bicyclic) bond motifs is 1. The molecule has 0 aliphatic carbocycles. The second kappa shape index (κ2) is 3.15. The lowest BCUT2D eigenvalue weighted by Crippen LogP contribution is -2.13. The Morgan fingerprint density at radius 1 is 1.53 bits per heavy atom. The molecule has 1 aliphatic rings. The van der Waals surface area contributed by atoms with Crippen LogP contribution in [0.15, 0.2) is 22.9 Å². The summed E-state index contributed by atoms with van der Waals surface area (Å²) in [6.07, 6.45) is 4.15. The number of anilines is 1. The van der Waals surface area contributed by atoms with Gasteiger partial charge >= 0.3 is 0 Å². The second-order valence-electron chi connectivity index (χ2n) is 3.85. The van der Waals surface area contributed by atoms with E-state index in [2.05, 4.69) is 16.4 Å². The summed E-state index contributed by atoms with van der Waals surface area (Å²) in [5.41, 5.74) is 3.24. The third kappa shape index (κ3) is 1.42. The van der Waals surface area contributed by atoms with E-state index in [1.165, 1.54) is 5.69 Å². The SMILES string of the molecule is Cn1cc(-c2ccc3c(n2)CCCN3)o1.[HH]. The van der Waals surface area contributed by atoms with E-state index in [1.807, 2.05) is 19.3 Å². The van der Waals surface area contributed by atoms with Crippen LogP contribution in [-0.4, -0.2) is 16.3 Å². The minimum Gasteiger partial charge on any atom is -0.384 e. The average molecular weight is 205 g/mol. The van der Waals surface area contributed by atoms with Gasteiger partial charge in [0.15, 0.2) is 5.76 Å². The molecule has 80 valence electrons. The molecule has 1 aliphatic heterocycles. The van der Waals surface area contributed by atoms with Gasteiger partial charge in [-0.2, -0.15) is 0 Å². The lowest BCUT2D eigenvalue weighted by atomic mass is 10.1. The number of nitrogens with one attached hydrogen (secondary N) is 1. The summed E-state index contributed by atoms with van der Waals surface area (Å²) in [4.78, 5) is 4.59. The van der Waals surface area contributed by atoms with Crippen molar-refractivity contribution in [3.05, 3.63) is 24.0 Å². The van der Waals surface area contributed by atoms with Crippen molar-refractivity contribution in [2.45, 2.75) is 12.8 Å². The molecule has 0 amide bonds. The van der Waals surface area contributed by atoms with Gasteiger partial charge in [0.1, 0.15) is 5.69 Å². The molecule has 1 N–H and O–H groups in total. The zero-order valence-corrected chi connectivity index (χ0v) is 8.66. The standard InChI is InChI=1S/C11H13N3O.H2/c1-14-7-11(15-14)10-5-4-8-9(13-10)3-2-6-12-8;/h4-5,7,12H,2-3,6H2,1H3;1H. The van der Waals surface area contributed by atoms with E-state index in [-0.39, 0.29) is 1.43 Å². The highest BCUT2D eigenvalue weighted by molar-refractivity contribution is 5.59. The van der Waals surface area contributed by atoms with Gasteiger partial charge in [-0.05, 0) is 25.0 Å². The largest absolute Gasteiger partial charge is 0.384 e. The van der Waals surface area contributed by atoms with Crippen molar-refractivity contribution in [3.8, 4) is 11.5 Å². The quantitative estimate of drug-likeness (QED) is 0.776. The summed E-state index contributed by atoms with van der Waals surface area (Å²) < 4.78 is 7.00. The number of hydrogen-bond acceptors (Lipinski definition) is 3. The fourth-order valence-corrected chi connectivity index (χ4v) is 1.90. The molecule has 4 nitrogen and oxygen atoms in total. The zero-order valence-electron chi connectivity index (χ0n) is 8.66. The first kappa shape index (κ1) is 8.59. The number of pyridine rings is 1. The molecular weight excluding hydrogens is 190 g/mol. The summed E-state index contributed by atoms with van der Waals surface area (Å²) in [6, 6.07) is 4.08. The normalized spacial score (nSPS) is 14.7. The van der Waals surface area contributed by atoms with E-state index in [9.17, 15) is 0 Å². The number of aryl methyl sites for hydroxylation is 2. The molecule has 0 aromatic carbocycles. The van der Waals surface area contributed by atoms with Crippen LogP contribution in [0.1, 0.15) is 13.5 Å². The maximum absolute atomic E-state index is 5.33. The fourth-order valence-electron chi connectivity index (χ4n) is 1.90. The van der Waals surface area contributed by atoms with Crippen LogP contribution in [0.2, 0.25) is 0 Å². The first-order valence-corrected chi connectivity index (χ1v) is 5.20. The molecule has 3 rings (SSSR count). The first-order valence-electron chi connectivity index (χ1n) is 5.20. The van der Waals surface area contributed by atoms with Crippen LogP contribution in [0.3, 0.4) is 0 Å². The number of rotatable bonds is 1. The van der Waals surface area contributed by atoms with Gasteiger partial charge in [0.05, 0.1) is 17.6 Å². The van der Waals surface area contributed by atoms with Crippen LogP contribution < -0.4 is 5.32 Å². The minimum absolute atomic E-state index is 0. The lowest BCUT2D eigenvalue weighted by Gasteiger charge is -2.17. The van der Waals surface area contributed by atoms with Crippen molar-refractivity contribution >= 4 is 5.69 Å². The Bertz CT molecular complexity index is 477. The van der Waals surface area contributed by atoms with Gasteiger partial charge in [0, 0.05) is 15.0 Å². The zero-order chi connectivity index (χ0) is 10.3. The Kier molecular flexibility index (Phi) is 1.80. The maximum atomic E-state index is 5.33. The Morgan fingerprint density at radius 3 is 3.20 bits per heavy atom. The summed E-state index contributed by atoms with van der Waals surface area (Å²) in [5, 5.41) is 3.34.